The van der Waals surface area contributed by atoms with Crippen LogP contribution in [0.5, 0.6) is 0 Å². The van der Waals surface area contributed by atoms with E-state index in [0.29, 0.717) is 5.92 Å². The number of anilines is 2. The minimum absolute atomic E-state index is 0.0830. The highest BCUT2D eigenvalue weighted by Gasteiger charge is 2.40. The summed E-state index contributed by atoms with van der Waals surface area (Å²) in [6.45, 7) is 8.78. The minimum Gasteiger partial charge on any atom is -0.378 e. The number of carbonyl (C=O) groups excluding carboxylic acids is 1. The standard InChI is InChI=1S/C28H32N2O/c1-5-25-20(4)27(29-23-11-7-6-8-12-23)24-13-9-10-14-26(24)30(25)28(31)22-17-15-21(16-18-22)19(2)3/h6-20,25,27,29H,5H2,1-4H3/t20-,25-,27+/m1/s1. The molecule has 0 spiro atoms. The van der Waals surface area contributed by atoms with Crippen molar-refractivity contribution >= 4 is 17.3 Å². The van der Waals surface area contributed by atoms with Crippen molar-refractivity contribution in [3.63, 3.8) is 0 Å². The van der Waals surface area contributed by atoms with Crippen molar-refractivity contribution in [2.75, 3.05) is 10.2 Å². The molecule has 1 aliphatic heterocycles. The van der Waals surface area contributed by atoms with Gasteiger partial charge in [0.2, 0.25) is 0 Å². The fourth-order valence-electron chi connectivity index (χ4n) is 4.78. The van der Waals surface area contributed by atoms with E-state index in [0.717, 1.165) is 23.4 Å². The summed E-state index contributed by atoms with van der Waals surface area (Å²) in [5.74, 6) is 0.798. The highest BCUT2D eigenvalue weighted by Crippen LogP contribution is 2.44. The first-order chi connectivity index (χ1) is 15.0. The summed E-state index contributed by atoms with van der Waals surface area (Å²) in [4.78, 5) is 15.8. The van der Waals surface area contributed by atoms with Crippen LogP contribution in [0.4, 0.5) is 11.4 Å². The number of rotatable bonds is 5. The smallest absolute Gasteiger partial charge is 0.258 e. The molecule has 4 rings (SSSR count). The molecule has 3 nitrogen and oxygen atoms in total. The predicted molar refractivity (Wildman–Crippen MR) is 130 cm³/mol. The molecular weight excluding hydrogens is 380 g/mol. The monoisotopic (exact) mass is 412 g/mol. The molecular formula is C28H32N2O. The van der Waals surface area contributed by atoms with Crippen molar-refractivity contribution in [1.29, 1.82) is 0 Å². The maximum absolute atomic E-state index is 13.7. The number of hydrogen-bond donors (Lipinski definition) is 1. The Balaban J connectivity index is 1.73. The SMILES string of the molecule is CC[C@@H]1[C@@H](C)[C@H](Nc2ccccc2)c2ccccc2N1C(=O)c1ccc(C(C)C)cc1. The fourth-order valence-corrected chi connectivity index (χ4v) is 4.78. The van der Waals surface area contributed by atoms with Crippen LogP contribution in [0.25, 0.3) is 0 Å². The Morgan fingerprint density at radius 1 is 0.935 bits per heavy atom. The van der Waals surface area contributed by atoms with Crippen LogP contribution in [-0.4, -0.2) is 11.9 Å². The van der Waals surface area contributed by atoms with Crippen LogP contribution in [0.3, 0.4) is 0 Å². The Labute approximate surface area is 186 Å². The zero-order chi connectivity index (χ0) is 22.0. The molecule has 31 heavy (non-hydrogen) atoms. The summed E-state index contributed by atoms with van der Waals surface area (Å²) in [5, 5.41) is 3.73. The van der Waals surface area contributed by atoms with Crippen molar-refractivity contribution in [3.05, 3.63) is 95.6 Å². The summed E-state index contributed by atoms with van der Waals surface area (Å²) in [6, 6.07) is 27.1. The highest BCUT2D eigenvalue weighted by molar-refractivity contribution is 6.07. The van der Waals surface area contributed by atoms with Gasteiger partial charge >= 0.3 is 0 Å². The minimum atomic E-state index is 0.0830. The second-order valence-corrected chi connectivity index (χ2v) is 8.83. The van der Waals surface area contributed by atoms with Crippen molar-refractivity contribution in [2.45, 2.75) is 52.1 Å². The van der Waals surface area contributed by atoms with Crippen LogP contribution in [0, 0.1) is 5.92 Å². The van der Waals surface area contributed by atoms with E-state index < -0.39 is 0 Å². The molecule has 3 aromatic rings. The number of para-hydroxylation sites is 2. The molecule has 0 unspecified atom stereocenters. The van der Waals surface area contributed by atoms with E-state index >= 15 is 0 Å². The fraction of sp³-hybridized carbons (Fsp3) is 0.321. The molecule has 0 aliphatic carbocycles. The van der Waals surface area contributed by atoms with Crippen LogP contribution >= 0.6 is 0 Å². The first-order valence-electron chi connectivity index (χ1n) is 11.3. The maximum atomic E-state index is 13.7. The van der Waals surface area contributed by atoms with Gasteiger partial charge in [0, 0.05) is 28.9 Å². The van der Waals surface area contributed by atoms with E-state index in [1.54, 1.807) is 0 Å². The van der Waals surface area contributed by atoms with E-state index in [9.17, 15) is 4.79 Å². The van der Waals surface area contributed by atoms with Crippen molar-refractivity contribution < 1.29 is 4.79 Å². The van der Waals surface area contributed by atoms with Gasteiger partial charge < -0.3 is 10.2 Å². The van der Waals surface area contributed by atoms with Gasteiger partial charge in [-0.05, 0) is 53.8 Å². The molecule has 0 bridgehead atoms. The van der Waals surface area contributed by atoms with Gasteiger partial charge in [-0.25, -0.2) is 0 Å². The van der Waals surface area contributed by atoms with Crippen LogP contribution in [0.1, 0.15) is 67.6 Å². The molecule has 3 aromatic carbocycles. The Bertz CT molecular complexity index is 1030. The average Bonchev–Trinajstić information content (AvgIpc) is 2.80. The number of carbonyl (C=O) groups is 1. The molecule has 0 aromatic heterocycles. The Morgan fingerprint density at radius 3 is 2.23 bits per heavy atom. The van der Waals surface area contributed by atoms with E-state index in [1.807, 2.05) is 29.2 Å². The Hall–Kier alpha value is -3.07. The van der Waals surface area contributed by atoms with Crippen molar-refractivity contribution in [3.8, 4) is 0 Å². The molecule has 1 aliphatic rings. The van der Waals surface area contributed by atoms with Gasteiger partial charge in [-0.1, -0.05) is 76.2 Å². The number of nitrogens with zero attached hydrogens (tertiary/aromatic N) is 1. The zero-order valence-electron chi connectivity index (χ0n) is 18.9. The topological polar surface area (TPSA) is 32.3 Å². The number of nitrogens with one attached hydrogen (secondary N) is 1. The summed E-state index contributed by atoms with van der Waals surface area (Å²) >= 11 is 0. The first-order valence-corrected chi connectivity index (χ1v) is 11.3. The molecule has 0 fully saturated rings. The summed E-state index contributed by atoms with van der Waals surface area (Å²) in [6.07, 6.45) is 0.901. The van der Waals surface area contributed by atoms with E-state index in [1.165, 1.54) is 11.1 Å². The van der Waals surface area contributed by atoms with Gasteiger partial charge in [0.15, 0.2) is 0 Å². The second-order valence-electron chi connectivity index (χ2n) is 8.83. The third kappa shape index (κ3) is 4.10. The molecule has 0 saturated carbocycles. The average molecular weight is 413 g/mol. The van der Waals surface area contributed by atoms with Crippen LogP contribution in [0.2, 0.25) is 0 Å². The van der Waals surface area contributed by atoms with Gasteiger partial charge in [0.1, 0.15) is 0 Å². The van der Waals surface area contributed by atoms with Crippen LogP contribution in [-0.2, 0) is 0 Å². The van der Waals surface area contributed by atoms with Crippen LogP contribution < -0.4 is 10.2 Å². The molecule has 3 atom stereocenters. The summed E-state index contributed by atoms with van der Waals surface area (Å²) in [5.41, 5.74) is 5.30. The van der Waals surface area contributed by atoms with Gasteiger partial charge in [0.05, 0.1) is 6.04 Å². The third-order valence-corrected chi connectivity index (χ3v) is 6.55. The molecule has 3 heteroatoms. The molecule has 1 heterocycles. The van der Waals surface area contributed by atoms with E-state index in [2.05, 4.69) is 87.6 Å². The first kappa shape index (κ1) is 21.2. The molecule has 1 amide bonds. The number of benzene rings is 3. The predicted octanol–water partition coefficient (Wildman–Crippen LogP) is 7.04. The van der Waals surface area contributed by atoms with Gasteiger partial charge in [-0.2, -0.15) is 0 Å². The van der Waals surface area contributed by atoms with Crippen LogP contribution in [0.15, 0.2) is 78.9 Å². The van der Waals surface area contributed by atoms with Crippen molar-refractivity contribution in [1.82, 2.24) is 0 Å². The lowest BCUT2D eigenvalue weighted by atomic mass is 9.80. The largest absolute Gasteiger partial charge is 0.378 e. The quantitative estimate of drug-likeness (QED) is 0.487. The van der Waals surface area contributed by atoms with Gasteiger partial charge in [0.25, 0.3) is 5.91 Å². The second kappa shape index (κ2) is 8.97. The maximum Gasteiger partial charge on any atom is 0.258 e. The molecule has 0 radical (unpaired) electrons. The molecule has 1 N–H and O–H groups in total. The molecule has 160 valence electrons. The zero-order valence-corrected chi connectivity index (χ0v) is 18.9. The summed E-state index contributed by atoms with van der Waals surface area (Å²) in [7, 11) is 0. The Morgan fingerprint density at radius 2 is 1.58 bits per heavy atom. The number of fused-ring (bicyclic) bond motifs is 1. The van der Waals surface area contributed by atoms with Gasteiger partial charge in [-0.3, -0.25) is 4.79 Å². The lowest BCUT2D eigenvalue weighted by Gasteiger charge is -2.45. The normalized spacial score (nSPS) is 20.4. The van der Waals surface area contributed by atoms with Gasteiger partial charge in [-0.15, -0.1) is 0 Å². The lowest BCUT2D eigenvalue weighted by Crippen LogP contribution is -2.50. The third-order valence-electron chi connectivity index (χ3n) is 6.55. The number of hydrogen-bond acceptors (Lipinski definition) is 2. The van der Waals surface area contributed by atoms with Crippen molar-refractivity contribution in [2.24, 2.45) is 5.92 Å². The van der Waals surface area contributed by atoms with E-state index in [-0.39, 0.29) is 23.9 Å². The number of amides is 1. The highest BCUT2D eigenvalue weighted by atomic mass is 16.2. The molecule has 0 saturated heterocycles. The summed E-state index contributed by atoms with van der Waals surface area (Å²) < 4.78 is 0. The van der Waals surface area contributed by atoms with E-state index in [4.69, 9.17) is 0 Å². The Kier molecular flexibility index (Phi) is 6.13. The lowest BCUT2D eigenvalue weighted by molar-refractivity contribution is 0.0960.